The number of sulfonamides is 1. The van der Waals surface area contributed by atoms with Gasteiger partial charge in [-0.1, -0.05) is 24.3 Å². The molecule has 0 unspecified atom stereocenters. The molecule has 34 heavy (non-hydrogen) atoms. The predicted octanol–water partition coefficient (Wildman–Crippen LogP) is 4.26. The lowest BCUT2D eigenvalue weighted by Crippen LogP contribution is -2.13. The van der Waals surface area contributed by atoms with Crippen LogP contribution in [0.5, 0.6) is 0 Å². The molecule has 2 aromatic heterocycles. The third kappa shape index (κ3) is 4.45. The van der Waals surface area contributed by atoms with Crippen molar-refractivity contribution in [1.82, 2.24) is 19.7 Å². The normalized spacial score (nSPS) is 11.5. The van der Waals surface area contributed by atoms with Gasteiger partial charge in [0.25, 0.3) is 0 Å². The Kier molecular flexibility index (Phi) is 5.44. The van der Waals surface area contributed by atoms with Gasteiger partial charge in [-0.2, -0.15) is 10.1 Å². The molecule has 4 N–H and O–H groups in total. The third-order valence-electron chi connectivity index (χ3n) is 5.23. The molecule has 5 aromatic rings. The monoisotopic (exact) mass is 471 g/mol. The number of fused-ring (bicyclic) bond motifs is 1. The van der Waals surface area contributed by atoms with Crippen LogP contribution in [0.15, 0.2) is 90.1 Å². The number of hydrogen-bond acceptors (Lipinski definition) is 7. The molecule has 0 saturated carbocycles. The Morgan fingerprint density at radius 2 is 1.53 bits per heavy atom. The summed E-state index contributed by atoms with van der Waals surface area (Å²) in [4.78, 5) is 9.11. The highest BCUT2D eigenvalue weighted by atomic mass is 32.2. The van der Waals surface area contributed by atoms with E-state index in [1.54, 1.807) is 36.1 Å². The fourth-order valence-electron chi connectivity index (χ4n) is 3.55. The summed E-state index contributed by atoms with van der Waals surface area (Å²) in [6, 6.07) is 22.3. The lowest BCUT2D eigenvalue weighted by Gasteiger charge is -2.11. The van der Waals surface area contributed by atoms with E-state index in [2.05, 4.69) is 25.7 Å². The maximum atomic E-state index is 11.8. The number of aromatic nitrogens is 4. The van der Waals surface area contributed by atoms with E-state index < -0.39 is 10.0 Å². The Morgan fingerprint density at radius 1 is 0.853 bits per heavy atom. The molecular formula is C24H21N7O2S. The second-order valence-electron chi connectivity index (χ2n) is 7.72. The zero-order valence-electron chi connectivity index (χ0n) is 18.2. The Balaban J connectivity index is 1.35. The average molecular weight is 472 g/mol. The minimum absolute atomic E-state index is 0.0954. The zero-order valence-corrected chi connectivity index (χ0v) is 19.0. The molecule has 0 fully saturated rings. The summed E-state index contributed by atoms with van der Waals surface area (Å²) < 4.78 is 25.3. The van der Waals surface area contributed by atoms with Crippen molar-refractivity contribution >= 4 is 44.1 Å². The topological polar surface area (TPSA) is 128 Å². The number of para-hydroxylation sites is 1. The molecule has 0 radical (unpaired) electrons. The van der Waals surface area contributed by atoms with Crippen LogP contribution in [0.2, 0.25) is 0 Å². The van der Waals surface area contributed by atoms with Crippen molar-refractivity contribution in [2.24, 2.45) is 5.14 Å². The largest absolute Gasteiger partial charge is 0.355 e. The van der Waals surface area contributed by atoms with Crippen molar-refractivity contribution in [3.63, 3.8) is 0 Å². The lowest BCUT2D eigenvalue weighted by molar-refractivity contribution is 0.597. The number of anilines is 4. The summed E-state index contributed by atoms with van der Waals surface area (Å²) in [5.74, 6) is 0.446. The van der Waals surface area contributed by atoms with E-state index in [1.165, 1.54) is 6.07 Å². The summed E-state index contributed by atoms with van der Waals surface area (Å²) in [6.45, 7) is 1.70. The first kappa shape index (κ1) is 21.6. The van der Waals surface area contributed by atoms with Crippen LogP contribution in [0.25, 0.3) is 16.7 Å². The van der Waals surface area contributed by atoms with Crippen LogP contribution >= 0.6 is 0 Å². The molecule has 3 aromatic carbocycles. The first-order chi connectivity index (χ1) is 16.4. The smallest absolute Gasteiger partial charge is 0.238 e. The van der Waals surface area contributed by atoms with E-state index >= 15 is 0 Å². The molecule has 0 aliphatic rings. The molecular weight excluding hydrogens is 450 g/mol. The fourth-order valence-corrected chi connectivity index (χ4v) is 4.36. The van der Waals surface area contributed by atoms with E-state index in [1.807, 2.05) is 54.6 Å². The number of nitrogens with one attached hydrogen (secondary N) is 2. The van der Waals surface area contributed by atoms with Gasteiger partial charge in [0.2, 0.25) is 16.0 Å². The van der Waals surface area contributed by atoms with Gasteiger partial charge in [-0.05, 0) is 61.0 Å². The van der Waals surface area contributed by atoms with E-state index in [0.29, 0.717) is 22.8 Å². The predicted molar refractivity (Wildman–Crippen MR) is 132 cm³/mol. The SMILES string of the molecule is Cc1ccc(Nc2ccc(Nc3ncc4cnn(-c5ccccc5)c4n3)cc2)cc1S(N)(=O)=O. The van der Waals surface area contributed by atoms with E-state index in [4.69, 9.17) is 5.14 Å². The Morgan fingerprint density at radius 3 is 2.24 bits per heavy atom. The van der Waals surface area contributed by atoms with Crippen molar-refractivity contribution in [3.8, 4) is 5.69 Å². The van der Waals surface area contributed by atoms with Gasteiger partial charge >= 0.3 is 0 Å². The highest BCUT2D eigenvalue weighted by molar-refractivity contribution is 7.89. The lowest BCUT2D eigenvalue weighted by atomic mass is 10.2. The minimum atomic E-state index is -3.79. The molecule has 5 rings (SSSR count). The van der Waals surface area contributed by atoms with Crippen LogP contribution < -0.4 is 15.8 Å². The van der Waals surface area contributed by atoms with Crippen LogP contribution in [0.1, 0.15) is 5.56 Å². The molecule has 170 valence electrons. The highest BCUT2D eigenvalue weighted by Gasteiger charge is 2.12. The van der Waals surface area contributed by atoms with E-state index in [0.717, 1.165) is 22.4 Å². The quantitative estimate of drug-likeness (QED) is 0.338. The summed E-state index contributed by atoms with van der Waals surface area (Å²) in [6.07, 6.45) is 3.46. The molecule has 2 heterocycles. The number of benzene rings is 3. The van der Waals surface area contributed by atoms with Crippen LogP contribution in [0.4, 0.5) is 23.0 Å². The Labute approximate surface area is 196 Å². The molecule has 0 aliphatic carbocycles. The van der Waals surface area contributed by atoms with Crippen molar-refractivity contribution in [3.05, 3.63) is 90.8 Å². The molecule has 0 saturated heterocycles. The standard InChI is InChI=1S/C24H21N7O2S/c1-16-7-8-20(13-22(16)34(25,32)33)28-18-9-11-19(12-10-18)29-24-26-14-17-15-27-31(23(17)30-24)21-5-3-2-4-6-21/h2-15,28H,1H3,(H2,25,32,33)(H,26,29,30). The molecule has 9 nitrogen and oxygen atoms in total. The maximum Gasteiger partial charge on any atom is 0.238 e. The molecule has 0 spiro atoms. The number of aryl methyl sites for hydroxylation is 1. The van der Waals surface area contributed by atoms with Crippen LogP contribution in [-0.4, -0.2) is 28.2 Å². The van der Waals surface area contributed by atoms with E-state index in [-0.39, 0.29) is 4.90 Å². The van der Waals surface area contributed by atoms with Crippen LogP contribution in [0, 0.1) is 6.92 Å². The molecule has 0 atom stereocenters. The maximum absolute atomic E-state index is 11.8. The molecule has 10 heteroatoms. The summed E-state index contributed by atoms with van der Waals surface area (Å²) in [5.41, 5.74) is 4.42. The number of hydrogen-bond donors (Lipinski definition) is 3. The van der Waals surface area contributed by atoms with Gasteiger partial charge in [0.05, 0.1) is 22.2 Å². The van der Waals surface area contributed by atoms with Crippen LogP contribution in [-0.2, 0) is 10.0 Å². The van der Waals surface area contributed by atoms with Crippen molar-refractivity contribution in [2.75, 3.05) is 10.6 Å². The Hall–Kier alpha value is -4.28. The summed E-state index contributed by atoms with van der Waals surface area (Å²) in [7, 11) is -3.79. The molecule has 0 amide bonds. The third-order valence-corrected chi connectivity index (χ3v) is 6.29. The van der Waals surface area contributed by atoms with Gasteiger partial charge < -0.3 is 10.6 Å². The van der Waals surface area contributed by atoms with Crippen LogP contribution in [0.3, 0.4) is 0 Å². The first-order valence-electron chi connectivity index (χ1n) is 10.4. The summed E-state index contributed by atoms with van der Waals surface area (Å²) in [5, 5.41) is 17.0. The number of nitrogens with zero attached hydrogens (tertiary/aromatic N) is 4. The van der Waals surface area contributed by atoms with Gasteiger partial charge in [0, 0.05) is 23.3 Å². The van der Waals surface area contributed by atoms with Crippen molar-refractivity contribution < 1.29 is 8.42 Å². The van der Waals surface area contributed by atoms with Crippen molar-refractivity contribution in [2.45, 2.75) is 11.8 Å². The Bertz CT molecular complexity index is 1580. The number of primary sulfonamides is 1. The summed E-state index contributed by atoms with van der Waals surface area (Å²) >= 11 is 0. The van der Waals surface area contributed by atoms with Gasteiger partial charge in [0.1, 0.15) is 0 Å². The second kappa shape index (κ2) is 8.58. The second-order valence-corrected chi connectivity index (χ2v) is 9.25. The van der Waals surface area contributed by atoms with Gasteiger partial charge in [-0.3, -0.25) is 0 Å². The van der Waals surface area contributed by atoms with Gasteiger partial charge in [0.15, 0.2) is 5.65 Å². The molecule has 0 aliphatic heterocycles. The first-order valence-corrected chi connectivity index (χ1v) is 12.0. The van der Waals surface area contributed by atoms with E-state index in [9.17, 15) is 8.42 Å². The number of rotatable bonds is 6. The van der Waals surface area contributed by atoms with Gasteiger partial charge in [-0.15, -0.1) is 0 Å². The average Bonchev–Trinajstić information content (AvgIpc) is 3.25. The molecule has 0 bridgehead atoms. The van der Waals surface area contributed by atoms with Gasteiger partial charge in [-0.25, -0.2) is 23.2 Å². The fraction of sp³-hybridized carbons (Fsp3) is 0.0417. The number of nitrogens with two attached hydrogens (primary N) is 1. The highest BCUT2D eigenvalue weighted by Crippen LogP contribution is 2.24. The minimum Gasteiger partial charge on any atom is -0.355 e. The zero-order chi connectivity index (χ0) is 23.7. The van der Waals surface area contributed by atoms with Crippen molar-refractivity contribution in [1.29, 1.82) is 0 Å².